The number of cyclic esters (lactones) is 1. The lowest BCUT2D eigenvalue weighted by atomic mass is 10.1. The monoisotopic (exact) mass is 128 g/mol. The van der Waals surface area contributed by atoms with E-state index in [1.165, 1.54) is 0 Å². The number of carbonyl (C=O) groups excluding carboxylic acids is 2. The molecule has 1 fully saturated rings. The van der Waals surface area contributed by atoms with E-state index in [9.17, 15) is 9.59 Å². The summed E-state index contributed by atoms with van der Waals surface area (Å²) in [6, 6.07) is 0. The highest BCUT2D eigenvalue weighted by Gasteiger charge is 2.32. The van der Waals surface area contributed by atoms with Crippen LogP contribution in [0.5, 0.6) is 0 Å². The predicted molar refractivity (Wildman–Crippen MR) is 29.7 cm³/mol. The van der Waals surface area contributed by atoms with Crippen LogP contribution < -0.4 is 0 Å². The first-order chi connectivity index (χ1) is 4.25. The molecule has 1 saturated heterocycles. The molecule has 0 radical (unpaired) electrons. The first-order valence-electron chi connectivity index (χ1n) is 2.96. The quantitative estimate of drug-likeness (QED) is 0.372. The molecular formula is C6H8O3. The minimum Gasteiger partial charge on any atom is -0.459 e. The third-order valence-electron chi connectivity index (χ3n) is 1.48. The van der Waals surface area contributed by atoms with Gasteiger partial charge in [-0.3, -0.25) is 4.79 Å². The van der Waals surface area contributed by atoms with Crippen molar-refractivity contribution >= 4 is 11.8 Å². The second-order valence-electron chi connectivity index (χ2n) is 2.07. The highest BCUT2D eigenvalue weighted by Crippen LogP contribution is 2.12. The zero-order valence-electron chi connectivity index (χ0n) is 5.22. The average molecular weight is 128 g/mol. The Labute approximate surface area is 53.0 Å². The average Bonchev–Trinajstić information content (AvgIpc) is 2.15. The molecule has 0 bridgehead atoms. The second-order valence-corrected chi connectivity index (χ2v) is 2.07. The van der Waals surface area contributed by atoms with Crippen molar-refractivity contribution < 1.29 is 14.3 Å². The third kappa shape index (κ3) is 0.943. The van der Waals surface area contributed by atoms with E-state index in [-0.39, 0.29) is 18.3 Å². The zero-order valence-corrected chi connectivity index (χ0v) is 5.22. The Hall–Kier alpha value is -0.860. The standard InChI is InChI=1S/C6H8O3/c1-2-4-3-9-6(8)5(4)7/h4H,2-3H2,1H3. The van der Waals surface area contributed by atoms with Gasteiger partial charge in [0.1, 0.15) is 6.61 Å². The number of ketones is 1. The lowest BCUT2D eigenvalue weighted by molar-refractivity contribution is -0.147. The Morgan fingerprint density at radius 1 is 1.67 bits per heavy atom. The van der Waals surface area contributed by atoms with E-state index in [0.29, 0.717) is 6.42 Å². The molecule has 0 saturated carbocycles. The van der Waals surface area contributed by atoms with E-state index in [0.717, 1.165) is 0 Å². The van der Waals surface area contributed by atoms with Crippen LogP contribution in [0.1, 0.15) is 13.3 Å². The van der Waals surface area contributed by atoms with Crippen LogP contribution in [-0.4, -0.2) is 18.4 Å². The topological polar surface area (TPSA) is 43.4 Å². The van der Waals surface area contributed by atoms with Crippen LogP contribution in [0.2, 0.25) is 0 Å². The number of hydrogen-bond donors (Lipinski definition) is 0. The van der Waals surface area contributed by atoms with Gasteiger partial charge < -0.3 is 4.74 Å². The fraction of sp³-hybridized carbons (Fsp3) is 0.667. The maximum atomic E-state index is 10.7. The summed E-state index contributed by atoms with van der Waals surface area (Å²) in [4.78, 5) is 21.0. The van der Waals surface area contributed by atoms with Gasteiger partial charge in [-0.2, -0.15) is 0 Å². The van der Waals surface area contributed by atoms with Gasteiger partial charge in [0.25, 0.3) is 0 Å². The van der Waals surface area contributed by atoms with Crippen molar-refractivity contribution in [1.29, 1.82) is 0 Å². The van der Waals surface area contributed by atoms with E-state index in [2.05, 4.69) is 4.74 Å². The highest BCUT2D eigenvalue weighted by atomic mass is 16.5. The Kier molecular flexibility index (Phi) is 1.51. The molecule has 0 aliphatic carbocycles. The lowest BCUT2D eigenvalue weighted by Crippen LogP contribution is -2.13. The van der Waals surface area contributed by atoms with Crippen LogP contribution >= 0.6 is 0 Å². The van der Waals surface area contributed by atoms with E-state index in [1.807, 2.05) is 6.92 Å². The molecule has 9 heavy (non-hydrogen) atoms. The number of rotatable bonds is 1. The first-order valence-corrected chi connectivity index (χ1v) is 2.96. The summed E-state index contributed by atoms with van der Waals surface area (Å²) in [5.41, 5.74) is 0. The van der Waals surface area contributed by atoms with Crippen LogP contribution in [0.15, 0.2) is 0 Å². The minimum atomic E-state index is -0.665. The van der Waals surface area contributed by atoms with E-state index >= 15 is 0 Å². The van der Waals surface area contributed by atoms with Gasteiger partial charge in [0.05, 0.1) is 5.92 Å². The van der Waals surface area contributed by atoms with Gasteiger partial charge in [-0.25, -0.2) is 4.79 Å². The maximum absolute atomic E-state index is 10.7. The molecular weight excluding hydrogens is 120 g/mol. The van der Waals surface area contributed by atoms with Crippen LogP contribution in [0.3, 0.4) is 0 Å². The maximum Gasteiger partial charge on any atom is 0.375 e. The summed E-state index contributed by atoms with van der Waals surface area (Å²) in [5.74, 6) is -1.20. The van der Waals surface area contributed by atoms with Crippen molar-refractivity contribution in [3.05, 3.63) is 0 Å². The van der Waals surface area contributed by atoms with Gasteiger partial charge >= 0.3 is 5.97 Å². The Balaban J connectivity index is 2.62. The van der Waals surface area contributed by atoms with Crippen molar-refractivity contribution in [3.8, 4) is 0 Å². The summed E-state index contributed by atoms with van der Waals surface area (Å²) in [7, 11) is 0. The zero-order chi connectivity index (χ0) is 6.85. The van der Waals surface area contributed by atoms with Crippen molar-refractivity contribution in [1.82, 2.24) is 0 Å². The summed E-state index contributed by atoms with van der Waals surface area (Å²) in [6.45, 7) is 2.15. The van der Waals surface area contributed by atoms with Crippen LogP contribution in [0.4, 0.5) is 0 Å². The summed E-state index contributed by atoms with van der Waals surface area (Å²) >= 11 is 0. The third-order valence-corrected chi connectivity index (χ3v) is 1.48. The molecule has 0 aromatic carbocycles. The molecule has 50 valence electrons. The van der Waals surface area contributed by atoms with Crippen molar-refractivity contribution in [2.45, 2.75) is 13.3 Å². The molecule has 1 unspecified atom stereocenters. The smallest absolute Gasteiger partial charge is 0.375 e. The molecule has 1 aliphatic rings. The fourth-order valence-electron chi connectivity index (χ4n) is 0.793. The minimum absolute atomic E-state index is 0.169. The number of ether oxygens (including phenoxy) is 1. The van der Waals surface area contributed by atoms with Crippen molar-refractivity contribution in [3.63, 3.8) is 0 Å². The molecule has 0 aromatic rings. The van der Waals surface area contributed by atoms with Crippen LogP contribution in [0, 0.1) is 5.92 Å². The largest absolute Gasteiger partial charge is 0.459 e. The number of hydrogen-bond acceptors (Lipinski definition) is 3. The second kappa shape index (κ2) is 2.17. The van der Waals surface area contributed by atoms with Gasteiger partial charge in [0, 0.05) is 0 Å². The molecule has 1 heterocycles. The summed E-state index contributed by atoms with van der Waals surface area (Å²) < 4.78 is 4.48. The van der Waals surface area contributed by atoms with Gasteiger partial charge in [-0.15, -0.1) is 0 Å². The van der Waals surface area contributed by atoms with Crippen molar-refractivity contribution in [2.75, 3.05) is 6.61 Å². The van der Waals surface area contributed by atoms with Gasteiger partial charge in [-0.1, -0.05) is 6.92 Å². The number of carbonyl (C=O) groups is 2. The number of Topliss-reactive ketones (excluding diaryl/α,β-unsaturated/α-hetero) is 1. The Bertz CT molecular complexity index is 150. The Morgan fingerprint density at radius 2 is 2.33 bits per heavy atom. The summed E-state index contributed by atoms with van der Waals surface area (Å²) in [5, 5.41) is 0. The highest BCUT2D eigenvalue weighted by molar-refractivity contribution is 6.35. The SMILES string of the molecule is CCC1COC(=O)C1=O. The molecule has 0 spiro atoms. The molecule has 0 amide bonds. The van der Waals surface area contributed by atoms with E-state index in [1.54, 1.807) is 0 Å². The molecule has 0 N–H and O–H groups in total. The van der Waals surface area contributed by atoms with Crippen LogP contribution in [0.25, 0.3) is 0 Å². The molecule has 1 atom stereocenters. The fourth-order valence-corrected chi connectivity index (χ4v) is 0.793. The lowest BCUT2D eigenvalue weighted by Gasteiger charge is -1.94. The number of esters is 1. The molecule has 3 nitrogen and oxygen atoms in total. The first kappa shape index (κ1) is 6.26. The normalized spacial score (nSPS) is 26.6. The van der Waals surface area contributed by atoms with Gasteiger partial charge in [0.15, 0.2) is 0 Å². The van der Waals surface area contributed by atoms with Crippen LogP contribution in [-0.2, 0) is 14.3 Å². The molecule has 0 aromatic heterocycles. The van der Waals surface area contributed by atoms with E-state index < -0.39 is 5.97 Å². The molecule has 1 aliphatic heterocycles. The predicted octanol–water partition coefficient (Wildman–Crippen LogP) is 0.139. The van der Waals surface area contributed by atoms with Crippen molar-refractivity contribution in [2.24, 2.45) is 5.92 Å². The summed E-state index contributed by atoms with van der Waals surface area (Å²) in [6.07, 6.45) is 0.699. The van der Waals surface area contributed by atoms with Gasteiger partial charge in [0.2, 0.25) is 5.78 Å². The van der Waals surface area contributed by atoms with E-state index in [4.69, 9.17) is 0 Å². The Morgan fingerprint density at radius 3 is 2.56 bits per heavy atom. The van der Waals surface area contributed by atoms with Gasteiger partial charge in [-0.05, 0) is 6.42 Å². The molecule has 3 heteroatoms. The molecule has 1 rings (SSSR count).